The molecule has 1 N–H and O–H groups in total. The Morgan fingerprint density at radius 3 is 2.85 bits per heavy atom. The first kappa shape index (κ1) is 19.3. The number of nitrogens with zero attached hydrogens (tertiary/aromatic N) is 3. The zero-order valence-electron chi connectivity index (χ0n) is 15.5. The molecule has 0 aliphatic carbocycles. The van der Waals surface area contributed by atoms with Gasteiger partial charge in [-0.15, -0.1) is 11.3 Å². The van der Waals surface area contributed by atoms with E-state index in [1.165, 1.54) is 23.0 Å². The summed E-state index contributed by atoms with van der Waals surface area (Å²) in [4.78, 5) is 24.6. The molecule has 0 spiro atoms. The van der Waals surface area contributed by atoms with Crippen LogP contribution in [-0.2, 0) is 16.2 Å². The third kappa shape index (κ3) is 4.81. The van der Waals surface area contributed by atoms with Crippen molar-refractivity contribution in [2.75, 3.05) is 6.54 Å². The van der Waals surface area contributed by atoms with E-state index < -0.39 is 6.10 Å². The number of aryl methyl sites for hydroxylation is 1. The number of aliphatic hydroxyl groups is 1. The van der Waals surface area contributed by atoms with Crippen molar-refractivity contribution in [2.45, 2.75) is 39.0 Å². The van der Waals surface area contributed by atoms with E-state index in [1.54, 1.807) is 18.0 Å². The van der Waals surface area contributed by atoms with Gasteiger partial charge in [0.15, 0.2) is 6.10 Å². The Labute approximate surface area is 162 Å². The zero-order valence-corrected chi connectivity index (χ0v) is 16.3. The summed E-state index contributed by atoms with van der Waals surface area (Å²) in [6, 6.07) is 8.15. The van der Waals surface area contributed by atoms with Gasteiger partial charge in [0.2, 0.25) is 5.91 Å². The summed E-state index contributed by atoms with van der Waals surface area (Å²) in [5, 5.41) is 14.5. The van der Waals surface area contributed by atoms with E-state index in [0.29, 0.717) is 24.5 Å². The molecule has 0 saturated heterocycles. The van der Waals surface area contributed by atoms with Crippen LogP contribution in [0.3, 0.4) is 0 Å². The van der Waals surface area contributed by atoms with E-state index in [-0.39, 0.29) is 12.0 Å². The van der Waals surface area contributed by atoms with E-state index >= 15 is 0 Å². The first-order chi connectivity index (χ1) is 13.0. The van der Waals surface area contributed by atoms with Gasteiger partial charge < -0.3 is 14.8 Å². The lowest BCUT2D eigenvalue weighted by Crippen LogP contribution is -2.36. The topological polar surface area (TPSA) is 75.0 Å². The number of aromatic nitrogens is 1. The van der Waals surface area contributed by atoms with Crippen molar-refractivity contribution in [1.29, 1.82) is 0 Å². The lowest BCUT2D eigenvalue weighted by atomic mass is 10.0. The quantitative estimate of drug-likeness (QED) is 0.743. The van der Waals surface area contributed by atoms with Crippen LogP contribution < -0.4 is 0 Å². The fourth-order valence-corrected chi connectivity index (χ4v) is 3.70. The Bertz CT molecular complexity index is 842. The van der Waals surface area contributed by atoms with Gasteiger partial charge in [0.25, 0.3) is 0 Å². The van der Waals surface area contributed by atoms with Gasteiger partial charge >= 0.3 is 0 Å². The second-order valence-electron chi connectivity index (χ2n) is 6.60. The van der Waals surface area contributed by atoms with Crippen LogP contribution in [-0.4, -0.2) is 39.3 Å². The predicted molar refractivity (Wildman–Crippen MR) is 106 cm³/mol. The van der Waals surface area contributed by atoms with E-state index in [1.807, 2.05) is 31.2 Å². The summed E-state index contributed by atoms with van der Waals surface area (Å²) in [7, 11) is 0. The standard InChI is InChI=1S/C20H23N3O3S/c1-4-19(25)23(12-17-10-21-20(27-17)14(3)24)11-16-9-18(22-26-16)15-7-5-13(2)6-8-15/h4-8,10,14,16,24H,1,9,11-12H2,2-3H3. The van der Waals surface area contributed by atoms with E-state index in [0.717, 1.165) is 16.2 Å². The molecule has 1 amide bonds. The number of benzene rings is 1. The van der Waals surface area contributed by atoms with E-state index in [2.05, 4.69) is 16.7 Å². The Kier molecular flexibility index (Phi) is 6.03. The van der Waals surface area contributed by atoms with Crippen molar-refractivity contribution < 1.29 is 14.7 Å². The minimum atomic E-state index is -0.615. The highest BCUT2D eigenvalue weighted by molar-refractivity contribution is 7.11. The highest BCUT2D eigenvalue weighted by atomic mass is 32.1. The molecule has 7 heteroatoms. The molecular formula is C20H23N3O3S. The molecule has 0 fully saturated rings. The number of carbonyl (C=O) groups excluding carboxylic acids is 1. The Morgan fingerprint density at radius 1 is 1.48 bits per heavy atom. The number of aliphatic hydroxyl groups excluding tert-OH is 1. The maximum Gasteiger partial charge on any atom is 0.246 e. The first-order valence-electron chi connectivity index (χ1n) is 8.80. The second-order valence-corrected chi connectivity index (χ2v) is 7.75. The number of oxime groups is 1. The van der Waals surface area contributed by atoms with Gasteiger partial charge in [-0.2, -0.15) is 0 Å². The lowest BCUT2D eigenvalue weighted by molar-refractivity contribution is -0.128. The van der Waals surface area contributed by atoms with Crippen LogP contribution >= 0.6 is 11.3 Å². The van der Waals surface area contributed by atoms with Crippen LogP contribution in [0.4, 0.5) is 0 Å². The van der Waals surface area contributed by atoms with Crippen LogP contribution in [0.15, 0.2) is 48.3 Å². The maximum absolute atomic E-state index is 12.3. The third-order valence-corrected chi connectivity index (χ3v) is 5.46. The van der Waals surface area contributed by atoms with Crippen molar-refractivity contribution in [2.24, 2.45) is 5.16 Å². The summed E-state index contributed by atoms with van der Waals surface area (Å²) in [5.74, 6) is -0.172. The smallest absolute Gasteiger partial charge is 0.246 e. The highest BCUT2D eigenvalue weighted by Gasteiger charge is 2.26. The van der Waals surface area contributed by atoms with Crippen LogP contribution in [0.25, 0.3) is 0 Å². The maximum atomic E-state index is 12.3. The average Bonchev–Trinajstić information content (AvgIpc) is 3.31. The molecule has 2 heterocycles. The summed E-state index contributed by atoms with van der Waals surface area (Å²) < 4.78 is 0. The molecule has 1 aliphatic heterocycles. The Morgan fingerprint density at radius 2 is 2.22 bits per heavy atom. The molecule has 27 heavy (non-hydrogen) atoms. The minimum Gasteiger partial charge on any atom is -0.390 e. The number of amides is 1. The van der Waals surface area contributed by atoms with Crippen molar-refractivity contribution in [1.82, 2.24) is 9.88 Å². The molecular weight excluding hydrogens is 362 g/mol. The predicted octanol–water partition coefficient (Wildman–Crippen LogP) is 3.21. The van der Waals surface area contributed by atoms with Gasteiger partial charge in [0.05, 0.1) is 18.8 Å². The third-order valence-electron chi connectivity index (χ3n) is 4.30. The molecule has 2 aromatic rings. The highest BCUT2D eigenvalue weighted by Crippen LogP contribution is 2.23. The minimum absolute atomic E-state index is 0.172. The van der Waals surface area contributed by atoms with Crippen molar-refractivity contribution in [3.05, 3.63) is 64.1 Å². The molecule has 6 nitrogen and oxygen atoms in total. The first-order valence-corrected chi connectivity index (χ1v) is 9.61. The normalized spacial score (nSPS) is 17.1. The van der Waals surface area contributed by atoms with Crippen molar-refractivity contribution in [3.8, 4) is 0 Å². The largest absolute Gasteiger partial charge is 0.390 e. The van der Waals surface area contributed by atoms with Gasteiger partial charge in [-0.1, -0.05) is 41.6 Å². The van der Waals surface area contributed by atoms with Gasteiger partial charge in [0, 0.05) is 17.5 Å². The molecule has 2 atom stereocenters. The van der Waals surface area contributed by atoms with Crippen LogP contribution in [0.5, 0.6) is 0 Å². The average molecular weight is 385 g/mol. The van der Waals surface area contributed by atoms with Crippen LogP contribution in [0, 0.1) is 6.92 Å². The number of thiazole rings is 1. The molecule has 142 valence electrons. The number of carbonyl (C=O) groups is 1. The summed E-state index contributed by atoms with van der Waals surface area (Å²) in [6.07, 6.45) is 2.82. The fourth-order valence-electron chi connectivity index (χ4n) is 2.83. The molecule has 0 saturated carbocycles. The number of hydrogen-bond donors (Lipinski definition) is 1. The van der Waals surface area contributed by atoms with Crippen molar-refractivity contribution in [3.63, 3.8) is 0 Å². The zero-order chi connectivity index (χ0) is 19.4. The molecule has 3 rings (SSSR count). The molecule has 1 aromatic heterocycles. The summed E-state index contributed by atoms with van der Waals surface area (Å²) in [5.41, 5.74) is 3.12. The van der Waals surface area contributed by atoms with Gasteiger partial charge in [-0.3, -0.25) is 4.79 Å². The van der Waals surface area contributed by atoms with Crippen LogP contribution in [0.1, 0.15) is 40.5 Å². The molecule has 0 bridgehead atoms. The van der Waals surface area contributed by atoms with Gasteiger partial charge in [0.1, 0.15) is 11.1 Å². The summed E-state index contributed by atoms with van der Waals surface area (Å²) in [6.45, 7) is 8.11. The lowest BCUT2D eigenvalue weighted by Gasteiger charge is -2.22. The molecule has 0 radical (unpaired) electrons. The van der Waals surface area contributed by atoms with Crippen molar-refractivity contribution >= 4 is 23.0 Å². The molecule has 1 aromatic carbocycles. The second kappa shape index (κ2) is 8.45. The van der Waals surface area contributed by atoms with E-state index in [4.69, 9.17) is 4.84 Å². The molecule has 2 unspecified atom stereocenters. The molecule has 1 aliphatic rings. The van der Waals surface area contributed by atoms with E-state index in [9.17, 15) is 9.90 Å². The number of hydrogen-bond acceptors (Lipinski definition) is 6. The van der Waals surface area contributed by atoms with Gasteiger partial charge in [-0.25, -0.2) is 4.98 Å². The fraction of sp³-hybridized carbons (Fsp3) is 0.350. The van der Waals surface area contributed by atoms with Crippen LogP contribution in [0.2, 0.25) is 0 Å². The Hall–Kier alpha value is -2.51. The number of rotatable bonds is 7. The van der Waals surface area contributed by atoms with Gasteiger partial charge in [-0.05, 0) is 25.5 Å². The SMILES string of the molecule is C=CC(=O)N(Cc1cnc(C(C)O)s1)CC1CC(c2ccc(C)cc2)=NO1. The summed E-state index contributed by atoms with van der Waals surface area (Å²) >= 11 is 1.40. The Balaban J connectivity index is 1.64. The monoisotopic (exact) mass is 385 g/mol.